The molecule has 1 heterocycles. The number of rotatable bonds is 4. The number of carbonyl (C=O) groups excluding carboxylic acids is 2. The van der Waals surface area contributed by atoms with E-state index in [2.05, 4.69) is 33.0 Å². The minimum Gasteiger partial charge on any atom is -0.343 e. The molecule has 0 radical (unpaired) electrons. The van der Waals surface area contributed by atoms with Gasteiger partial charge in [0.2, 0.25) is 11.8 Å². The number of nitrogens with zero attached hydrogens (tertiary/aromatic N) is 1. The maximum absolute atomic E-state index is 12.5. The molecular formula is C15H26N2O2. The standard InChI is InChI=1S/C15H26N2O2/c1-9(2)6-12-14(19)17(10(3)13(18)16-12)8-11-7-15(11,4)5/h9-12H,6-8H2,1-5H3,(H,16,18). The molecule has 0 aromatic heterocycles. The Balaban J connectivity index is 2.06. The second-order valence-corrected chi connectivity index (χ2v) is 7.25. The van der Waals surface area contributed by atoms with E-state index in [0.717, 1.165) is 19.4 Å². The largest absolute Gasteiger partial charge is 0.343 e. The average Bonchev–Trinajstić information content (AvgIpc) is 2.88. The van der Waals surface area contributed by atoms with Crippen LogP contribution in [-0.2, 0) is 9.59 Å². The number of nitrogens with one attached hydrogen (secondary N) is 1. The predicted molar refractivity (Wildman–Crippen MR) is 74.4 cm³/mol. The van der Waals surface area contributed by atoms with Crippen LogP contribution in [0.1, 0.15) is 47.5 Å². The Hall–Kier alpha value is -1.06. The van der Waals surface area contributed by atoms with Crippen LogP contribution < -0.4 is 5.32 Å². The number of carbonyl (C=O) groups is 2. The topological polar surface area (TPSA) is 49.4 Å². The third-order valence-corrected chi connectivity index (χ3v) is 4.59. The second kappa shape index (κ2) is 4.80. The maximum atomic E-state index is 12.5. The first-order valence-corrected chi connectivity index (χ1v) is 7.33. The lowest BCUT2D eigenvalue weighted by atomic mass is 9.98. The predicted octanol–water partition coefficient (Wildman–Crippen LogP) is 1.79. The fourth-order valence-electron chi connectivity index (χ4n) is 2.89. The fraction of sp³-hybridized carbons (Fsp3) is 0.867. The van der Waals surface area contributed by atoms with E-state index in [1.54, 1.807) is 4.90 Å². The normalized spacial score (nSPS) is 33.6. The summed E-state index contributed by atoms with van der Waals surface area (Å²) in [6.07, 6.45) is 1.88. The number of hydrogen-bond donors (Lipinski definition) is 1. The van der Waals surface area contributed by atoms with Crippen molar-refractivity contribution in [3.05, 3.63) is 0 Å². The average molecular weight is 266 g/mol. The summed E-state index contributed by atoms with van der Waals surface area (Å²) >= 11 is 0. The number of piperazine rings is 1. The molecule has 0 aromatic carbocycles. The van der Waals surface area contributed by atoms with Crippen molar-refractivity contribution in [2.75, 3.05) is 6.54 Å². The summed E-state index contributed by atoms with van der Waals surface area (Å²) in [4.78, 5) is 26.3. The minimum atomic E-state index is -0.328. The van der Waals surface area contributed by atoms with Crippen molar-refractivity contribution >= 4 is 11.8 Å². The van der Waals surface area contributed by atoms with E-state index < -0.39 is 0 Å². The Kier molecular flexibility index (Phi) is 3.63. The van der Waals surface area contributed by atoms with E-state index >= 15 is 0 Å². The molecule has 4 heteroatoms. The molecule has 3 atom stereocenters. The van der Waals surface area contributed by atoms with Crippen LogP contribution in [0.4, 0.5) is 0 Å². The molecule has 2 rings (SSSR count). The summed E-state index contributed by atoms with van der Waals surface area (Å²) < 4.78 is 0. The van der Waals surface area contributed by atoms with Crippen LogP contribution in [0.25, 0.3) is 0 Å². The molecule has 1 aliphatic carbocycles. The monoisotopic (exact) mass is 266 g/mol. The molecular weight excluding hydrogens is 240 g/mol. The fourth-order valence-corrected chi connectivity index (χ4v) is 2.89. The van der Waals surface area contributed by atoms with Gasteiger partial charge < -0.3 is 10.2 Å². The van der Waals surface area contributed by atoms with Crippen LogP contribution in [0.15, 0.2) is 0 Å². The summed E-state index contributed by atoms with van der Waals surface area (Å²) in [5.74, 6) is 1.04. The molecule has 108 valence electrons. The van der Waals surface area contributed by atoms with Crippen molar-refractivity contribution in [1.29, 1.82) is 0 Å². The molecule has 19 heavy (non-hydrogen) atoms. The summed E-state index contributed by atoms with van der Waals surface area (Å²) in [6.45, 7) is 11.2. The zero-order valence-electron chi connectivity index (χ0n) is 12.7. The highest BCUT2D eigenvalue weighted by molar-refractivity contribution is 5.96. The summed E-state index contributed by atoms with van der Waals surface area (Å²) in [5.41, 5.74) is 0.335. The van der Waals surface area contributed by atoms with E-state index in [0.29, 0.717) is 17.3 Å². The van der Waals surface area contributed by atoms with Gasteiger partial charge in [-0.05, 0) is 37.0 Å². The molecule has 1 saturated heterocycles. The lowest BCUT2D eigenvalue weighted by Crippen LogP contribution is -2.63. The number of amides is 2. The summed E-state index contributed by atoms with van der Waals surface area (Å²) in [5, 5.41) is 2.86. The Bertz CT molecular complexity index is 390. The quantitative estimate of drug-likeness (QED) is 0.843. The van der Waals surface area contributed by atoms with E-state index in [1.807, 2.05) is 6.92 Å². The second-order valence-electron chi connectivity index (χ2n) is 7.25. The highest BCUT2D eigenvalue weighted by Crippen LogP contribution is 2.52. The molecule has 1 N–H and O–H groups in total. The van der Waals surface area contributed by atoms with Gasteiger partial charge in [0.15, 0.2) is 0 Å². The van der Waals surface area contributed by atoms with Crippen molar-refractivity contribution in [1.82, 2.24) is 10.2 Å². The van der Waals surface area contributed by atoms with E-state index in [-0.39, 0.29) is 23.9 Å². The lowest BCUT2D eigenvalue weighted by Gasteiger charge is -2.38. The van der Waals surface area contributed by atoms with Crippen molar-refractivity contribution in [2.24, 2.45) is 17.3 Å². The van der Waals surface area contributed by atoms with Crippen LogP contribution in [0.3, 0.4) is 0 Å². The van der Waals surface area contributed by atoms with Crippen LogP contribution in [-0.4, -0.2) is 35.3 Å². The maximum Gasteiger partial charge on any atom is 0.245 e. The van der Waals surface area contributed by atoms with Crippen molar-refractivity contribution in [2.45, 2.75) is 59.5 Å². The van der Waals surface area contributed by atoms with Gasteiger partial charge in [-0.2, -0.15) is 0 Å². The number of hydrogen-bond acceptors (Lipinski definition) is 2. The van der Waals surface area contributed by atoms with E-state index in [4.69, 9.17) is 0 Å². The van der Waals surface area contributed by atoms with Crippen molar-refractivity contribution in [3.8, 4) is 0 Å². The van der Waals surface area contributed by atoms with Gasteiger partial charge in [-0.15, -0.1) is 0 Å². The molecule has 2 aliphatic rings. The SMILES string of the molecule is CC(C)CC1NC(=O)C(C)N(CC2CC2(C)C)C1=O. The van der Waals surface area contributed by atoms with Gasteiger partial charge in [0.05, 0.1) is 0 Å². The molecule has 0 aromatic rings. The third-order valence-electron chi connectivity index (χ3n) is 4.59. The van der Waals surface area contributed by atoms with Gasteiger partial charge in [-0.3, -0.25) is 9.59 Å². The zero-order chi connectivity index (χ0) is 14.4. The van der Waals surface area contributed by atoms with Gasteiger partial charge in [0.25, 0.3) is 0 Å². The van der Waals surface area contributed by atoms with Gasteiger partial charge in [0.1, 0.15) is 12.1 Å². The smallest absolute Gasteiger partial charge is 0.245 e. The Labute approximate surface area is 115 Å². The lowest BCUT2D eigenvalue weighted by molar-refractivity contribution is -0.149. The Morgan fingerprint density at radius 3 is 2.42 bits per heavy atom. The molecule has 4 nitrogen and oxygen atoms in total. The van der Waals surface area contributed by atoms with Gasteiger partial charge in [-0.1, -0.05) is 27.7 Å². The minimum absolute atomic E-state index is 0.0105. The molecule has 1 aliphatic heterocycles. The first-order valence-electron chi connectivity index (χ1n) is 7.33. The molecule has 0 bridgehead atoms. The van der Waals surface area contributed by atoms with Crippen molar-refractivity contribution < 1.29 is 9.59 Å². The molecule has 2 fully saturated rings. The molecule has 3 unspecified atom stereocenters. The van der Waals surface area contributed by atoms with Crippen LogP contribution in [0.2, 0.25) is 0 Å². The third kappa shape index (κ3) is 2.93. The Morgan fingerprint density at radius 2 is 1.95 bits per heavy atom. The zero-order valence-corrected chi connectivity index (χ0v) is 12.7. The van der Waals surface area contributed by atoms with Gasteiger partial charge >= 0.3 is 0 Å². The first-order chi connectivity index (χ1) is 8.72. The Morgan fingerprint density at radius 1 is 1.37 bits per heavy atom. The summed E-state index contributed by atoms with van der Waals surface area (Å²) in [7, 11) is 0. The van der Waals surface area contributed by atoms with Crippen molar-refractivity contribution in [3.63, 3.8) is 0 Å². The van der Waals surface area contributed by atoms with Gasteiger partial charge in [-0.25, -0.2) is 0 Å². The molecule has 1 saturated carbocycles. The molecule has 0 spiro atoms. The summed E-state index contributed by atoms with van der Waals surface area (Å²) in [6, 6.07) is -0.655. The van der Waals surface area contributed by atoms with Gasteiger partial charge in [0, 0.05) is 6.54 Å². The van der Waals surface area contributed by atoms with E-state index in [9.17, 15) is 9.59 Å². The molecule has 2 amide bonds. The van der Waals surface area contributed by atoms with E-state index in [1.165, 1.54) is 0 Å². The van der Waals surface area contributed by atoms with Crippen LogP contribution in [0, 0.1) is 17.3 Å². The van der Waals surface area contributed by atoms with Crippen LogP contribution >= 0.6 is 0 Å². The first kappa shape index (κ1) is 14.4. The van der Waals surface area contributed by atoms with Crippen LogP contribution in [0.5, 0.6) is 0 Å². The highest BCUT2D eigenvalue weighted by atomic mass is 16.2. The highest BCUT2D eigenvalue weighted by Gasteiger charge is 2.49.